The van der Waals surface area contributed by atoms with E-state index in [1.807, 2.05) is 0 Å². The van der Waals surface area contributed by atoms with Crippen molar-refractivity contribution in [2.75, 3.05) is 6.61 Å². The highest BCUT2D eigenvalue weighted by molar-refractivity contribution is 5.75. The zero-order valence-corrected chi connectivity index (χ0v) is 10.3. The van der Waals surface area contributed by atoms with Gasteiger partial charge in [0.15, 0.2) is 0 Å². The summed E-state index contributed by atoms with van der Waals surface area (Å²) in [6.07, 6.45) is 2.65. The Morgan fingerprint density at radius 1 is 1.13 bits per heavy atom. The van der Waals surface area contributed by atoms with Gasteiger partial charge in [0.05, 0.1) is 6.61 Å². The molecule has 0 aromatic rings. The number of Topliss-reactive ketones (excluding diaryl/α,β-unsaturated/α-hetero) is 1. The molecule has 15 heavy (non-hydrogen) atoms. The summed E-state index contributed by atoms with van der Waals surface area (Å²) in [4.78, 5) is 22.0. The first-order valence-corrected chi connectivity index (χ1v) is 5.52. The molecule has 88 valence electrons. The van der Waals surface area contributed by atoms with Crippen LogP contribution < -0.4 is 0 Å². The lowest BCUT2D eigenvalue weighted by molar-refractivity contribution is -0.143. The van der Waals surface area contributed by atoms with Crippen LogP contribution in [-0.4, -0.2) is 18.4 Å². The second-order valence-electron chi connectivity index (χ2n) is 4.67. The van der Waals surface area contributed by atoms with E-state index in [2.05, 4.69) is 13.8 Å². The molecule has 0 fully saturated rings. The molecule has 0 unspecified atom stereocenters. The number of hydrogen-bond donors (Lipinski definition) is 0. The van der Waals surface area contributed by atoms with E-state index in [0.717, 1.165) is 12.8 Å². The summed E-state index contributed by atoms with van der Waals surface area (Å²) in [5.74, 6) is 0.0626. The SMILES string of the molecule is CCOC(=O)CCC(C)(C)CCC(C)=O. The Balaban J connectivity index is 3.82. The second-order valence-corrected chi connectivity index (χ2v) is 4.67. The fourth-order valence-electron chi connectivity index (χ4n) is 1.31. The van der Waals surface area contributed by atoms with Crippen molar-refractivity contribution in [3.63, 3.8) is 0 Å². The predicted octanol–water partition coefficient (Wildman–Crippen LogP) is 2.73. The highest BCUT2D eigenvalue weighted by Crippen LogP contribution is 2.28. The standard InChI is InChI=1S/C12H22O3/c1-5-15-11(14)7-9-12(3,4)8-6-10(2)13/h5-9H2,1-4H3. The lowest BCUT2D eigenvalue weighted by Gasteiger charge is -2.23. The maximum Gasteiger partial charge on any atom is 0.305 e. The third kappa shape index (κ3) is 8.16. The van der Waals surface area contributed by atoms with Crippen LogP contribution in [0, 0.1) is 5.41 Å². The van der Waals surface area contributed by atoms with Crippen molar-refractivity contribution in [2.24, 2.45) is 5.41 Å². The monoisotopic (exact) mass is 214 g/mol. The molecule has 0 aromatic carbocycles. The van der Waals surface area contributed by atoms with Crippen molar-refractivity contribution in [3.05, 3.63) is 0 Å². The molecule has 0 aliphatic rings. The van der Waals surface area contributed by atoms with E-state index in [4.69, 9.17) is 4.74 Å². The van der Waals surface area contributed by atoms with Gasteiger partial charge in [0.1, 0.15) is 5.78 Å². The molecule has 0 heterocycles. The Labute approximate surface area is 92.2 Å². The Bertz CT molecular complexity index is 219. The van der Waals surface area contributed by atoms with E-state index in [0.29, 0.717) is 19.4 Å². The molecule has 0 aliphatic carbocycles. The summed E-state index contributed by atoms with van der Waals surface area (Å²) in [7, 11) is 0. The van der Waals surface area contributed by atoms with Gasteiger partial charge in [0.2, 0.25) is 0 Å². The minimum absolute atomic E-state index is 0.0401. The minimum atomic E-state index is -0.145. The third-order valence-corrected chi connectivity index (χ3v) is 2.47. The number of ketones is 1. The lowest BCUT2D eigenvalue weighted by Crippen LogP contribution is -2.16. The first kappa shape index (κ1) is 14.1. The van der Waals surface area contributed by atoms with E-state index in [9.17, 15) is 9.59 Å². The van der Waals surface area contributed by atoms with Gasteiger partial charge in [-0.3, -0.25) is 4.79 Å². The van der Waals surface area contributed by atoms with Gasteiger partial charge in [0.25, 0.3) is 0 Å². The van der Waals surface area contributed by atoms with E-state index in [1.165, 1.54) is 0 Å². The van der Waals surface area contributed by atoms with E-state index < -0.39 is 0 Å². The normalized spacial score (nSPS) is 11.2. The topological polar surface area (TPSA) is 43.4 Å². The highest BCUT2D eigenvalue weighted by Gasteiger charge is 2.20. The van der Waals surface area contributed by atoms with Crippen LogP contribution in [0.4, 0.5) is 0 Å². The summed E-state index contributed by atoms with van der Waals surface area (Å²) >= 11 is 0. The van der Waals surface area contributed by atoms with Gasteiger partial charge in [-0.25, -0.2) is 0 Å². The average Bonchev–Trinajstić information content (AvgIpc) is 2.13. The quantitative estimate of drug-likeness (QED) is 0.612. The molecule has 0 bridgehead atoms. The molecule has 0 radical (unpaired) electrons. The van der Waals surface area contributed by atoms with E-state index >= 15 is 0 Å². The third-order valence-electron chi connectivity index (χ3n) is 2.47. The molecule has 0 saturated heterocycles. The van der Waals surface area contributed by atoms with Crippen LogP contribution in [-0.2, 0) is 14.3 Å². The Kier molecular flexibility index (Phi) is 6.21. The Morgan fingerprint density at radius 3 is 2.13 bits per heavy atom. The van der Waals surface area contributed by atoms with Gasteiger partial charge in [0, 0.05) is 12.8 Å². The highest BCUT2D eigenvalue weighted by atomic mass is 16.5. The maximum atomic E-state index is 11.1. The summed E-state index contributed by atoms with van der Waals surface area (Å²) in [5, 5.41) is 0. The summed E-state index contributed by atoms with van der Waals surface area (Å²) in [5.41, 5.74) is 0.0401. The maximum absolute atomic E-state index is 11.1. The van der Waals surface area contributed by atoms with Gasteiger partial charge in [-0.1, -0.05) is 13.8 Å². The van der Waals surface area contributed by atoms with Gasteiger partial charge < -0.3 is 9.53 Å². The van der Waals surface area contributed by atoms with Crippen molar-refractivity contribution >= 4 is 11.8 Å². The van der Waals surface area contributed by atoms with Crippen molar-refractivity contribution in [1.29, 1.82) is 0 Å². The molecule has 0 N–H and O–H groups in total. The van der Waals surface area contributed by atoms with Crippen LogP contribution >= 0.6 is 0 Å². The molecule has 0 amide bonds. The largest absolute Gasteiger partial charge is 0.466 e. The number of carbonyl (C=O) groups excluding carboxylic acids is 2. The van der Waals surface area contributed by atoms with Crippen LogP contribution in [0.2, 0.25) is 0 Å². The molecule has 0 aliphatic heterocycles. The Hall–Kier alpha value is -0.860. The van der Waals surface area contributed by atoms with E-state index in [1.54, 1.807) is 13.8 Å². The number of esters is 1. The predicted molar refractivity (Wildman–Crippen MR) is 59.6 cm³/mol. The fraction of sp³-hybridized carbons (Fsp3) is 0.833. The van der Waals surface area contributed by atoms with Crippen molar-refractivity contribution in [3.8, 4) is 0 Å². The number of rotatable bonds is 7. The van der Waals surface area contributed by atoms with Gasteiger partial charge >= 0.3 is 5.97 Å². The molecular weight excluding hydrogens is 192 g/mol. The first-order valence-electron chi connectivity index (χ1n) is 5.52. The molecule has 0 saturated carbocycles. The number of carbonyl (C=O) groups is 2. The first-order chi connectivity index (χ1) is 6.87. The van der Waals surface area contributed by atoms with Crippen molar-refractivity contribution < 1.29 is 14.3 Å². The summed E-state index contributed by atoms with van der Waals surface area (Å²) < 4.78 is 4.86. The zero-order valence-electron chi connectivity index (χ0n) is 10.3. The van der Waals surface area contributed by atoms with Gasteiger partial charge in [-0.05, 0) is 32.1 Å². The van der Waals surface area contributed by atoms with Gasteiger partial charge in [-0.15, -0.1) is 0 Å². The van der Waals surface area contributed by atoms with Crippen LogP contribution in [0.25, 0.3) is 0 Å². The van der Waals surface area contributed by atoms with Crippen LogP contribution in [0.3, 0.4) is 0 Å². The van der Waals surface area contributed by atoms with Crippen LogP contribution in [0.15, 0.2) is 0 Å². The Morgan fingerprint density at radius 2 is 1.67 bits per heavy atom. The minimum Gasteiger partial charge on any atom is -0.466 e. The van der Waals surface area contributed by atoms with Crippen LogP contribution in [0.1, 0.15) is 53.4 Å². The lowest BCUT2D eigenvalue weighted by atomic mass is 9.83. The fourth-order valence-corrected chi connectivity index (χ4v) is 1.31. The molecule has 3 nitrogen and oxygen atoms in total. The molecule has 0 rings (SSSR count). The molecular formula is C12H22O3. The number of ether oxygens (including phenoxy) is 1. The van der Waals surface area contributed by atoms with E-state index in [-0.39, 0.29) is 17.2 Å². The summed E-state index contributed by atoms with van der Waals surface area (Å²) in [6.45, 7) is 8.00. The van der Waals surface area contributed by atoms with Crippen molar-refractivity contribution in [1.82, 2.24) is 0 Å². The molecule has 0 aromatic heterocycles. The molecule has 3 heteroatoms. The average molecular weight is 214 g/mol. The zero-order chi connectivity index (χ0) is 11.9. The summed E-state index contributed by atoms with van der Waals surface area (Å²) in [6, 6.07) is 0. The second kappa shape index (κ2) is 6.59. The van der Waals surface area contributed by atoms with Crippen LogP contribution in [0.5, 0.6) is 0 Å². The molecule has 0 spiro atoms. The van der Waals surface area contributed by atoms with Gasteiger partial charge in [-0.2, -0.15) is 0 Å². The molecule has 0 atom stereocenters. The number of hydrogen-bond acceptors (Lipinski definition) is 3. The smallest absolute Gasteiger partial charge is 0.305 e. The van der Waals surface area contributed by atoms with Crippen molar-refractivity contribution in [2.45, 2.75) is 53.4 Å².